The second-order valence-electron chi connectivity index (χ2n) is 2.33. The molecule has 5 heteroatoms. The first-order valence-electron chi connectivity index (χ1n) is 3.50. The van der Waals surface area contributed by atoms with Crippen molar-refractivity contribution in [2.24, 2.45) is 0 Å². The molecule has 0 atom stereocenters. The van der Waals surface area contributed by atoms with Gasteiger partial charge in [-0.25, -0.2) is 0 Å². The van der Waals surface area contributed by atoms with Crippen molar-refractivity contribution in [3.63, 3.8) is 0 Å². The Bertz CT molecular complexity index is 94.3. The Balaban J connectivity index is 3.02. The van der Waals surface area contributed by atoms with Gasteiger partial charge in [0, 0.05) is 0 Å². The van der Waals surface area contributed by atoms with E-state index in [-0.39, 0.29) is 0 Å². The van der Waals surface area contributed by atoms with Gasteiger partial charge in [-0.3, -0.25) is 0 Å². The Morgan fingerprint density at radius 3 is 2.18 bits per heavy atom. The maximum atomic E-state index is 8.62. The zero-order chi connectivity index (χ0) is 8.74. The maximum absolute atomic E-state index is 8.62. The summed E-state index contributed by atoms with van der Waals surface area (Å²) < 4.78 is 8.55. The van der Waals surface area contributed by atoms with E-state index < -0.39 is 25.3 Å². The van der Waals surface area contributed by atoms with Crippen LogP contribution in [0.1, 0.15) is 25.7 Å². The number of alkyl halides is 3. The van der Waals surface area contributed by atoms with E-state index in [1.807, 2.05) is 0 Å². The standard InChI is InChI=1S/C6H10Cl3.H2O.Sn/c1-2-3-4-5-6(7,8)9;;/h1-5H2;1H2;/q;;+1/p-1. The minimum atomic E-state index is -1.08. The number of hydrogen-bond donors (Lipinski definition) is 1. The number of halogens is 3. The molecule has 0 aromatic carbocycles. The van der Waals surface area contributed by atoms with Gasteiger partial charge in [0.2, 0.25) is 0 Å². The summed E-state index contributed by atoms with van der Waals surface area (Å²) in [5.41, 5.74) is 0. The minimum absolute atomic E-state index is 0.619. The molecule has 0 saturated carbocycles. The van der Waals surface area contributed by atoms with E-state index >= 15 is 0 Å². The van der Waals surface area contributed by atoms with Gasteiger partial charge in [0.25, 0.3) is 0 Å². The van der Waals surface area contributed by atoms with Crippen molar-refractivity contribution in [2.45, 2.75) is 33.9 Å². The van der Waals surface area contributed by atoms with Crippen LogP contribution >= 0.6 is 34.8 Å². The quantitative estimate of drug-likeness (QED) is 0.468. The van der Waals surface area contributed by atoms with Gasteiger partial charge < -0.3 is 0 Å². The molecule has 0 unspecified atom stereocenters. The first-order chi connectivity index (χ1) is 5.06. The molecular formula is C6H11Cl3OSn. The van der Waals surface area contributed by atoms with Gasteiger partial charge in [-0.2, -0.15) is 0 Å². The van der Waals surface area contributed by atoms with Crippen LogP contribution in [0.15, 0.2) is 0 Å². The van der Waals surface area contributed by atoms with Crippen molar-refractivity contribution >= 4 is 56.4 Å². The van der Waals surface area contributed by atoms with E-state index in [1.54, 1.807) is 0 Å². The van der Waals surface area contributed by atoms with Crippen LogP contribution in [0.3, 0.4) is 0 Å². The predicted molar refractivity (Wildman–Crippen MR) is 51.5 cm³/mol. The van der Waals surface area contributed by atoms with Crippen LogP contribution in [0.5, 0.6) is 0 Å². The summed E-state index contributed by atoms with van der Waals surface area (Å²) in [5.74, 6) is 0. The van der Waals surface area contributed by atoms with E-state index in [2.05, 4.69) is 0 Å². The van der Waals surface area contributed by atoms with E-state index in [0.29, 0.717) is 6.42 Å². The van der Waals surface area contributed by atoms with Crippen molar-refractivity contribution < 1.29 is 3.44 Å². The average molecular weight is 324 g/mol. The molecule has 0 fully saturated rings. The van der Waals surface area contributed by atoms with Crippen LogP contribution in [0, 0.1) is 0 Å². The van der Waals surface area contributed by atoms with E-state index in [4.69, 9.17) is 38.2 Å². The van der Waals surface area contributed by atoms with Crippen molar-refractivity contribution in [3.8, 4) is 0 Å². The predicted octanol–water partition coefficient (Wildman–Crippen LogP) is 2.95. The number of hydrogen-bond acceptors (Lipinski definition) is 1. The summed E-state index contributed by atoms with van der Waals surface area (Å²) in [6.07, 6.45) is 3.71. The van der Waals surface area contributed by atoms with E-state index in [0.717, 1.165) is 23.7 Å². The normalized spacial score (nSPS) is 12.0. The van der Waals surface area contributed by atoms with E-state index in [1.165, 1.54) is 0 Å². The van der Waals surface area contributed by atoms with Crippen LogP contribution in [0.2, 0.25) is 4.44 Å². The molecule has 0 aliphatic rings. The van der Waals surface area contributed by atoms with Gasteiger partial charge in [0.1, 0.15) is 0 Å². The molecule has 66 valence electrons. The fourth-order valence-corrected chi connectivity index (χ4v) is 2.27. The Hall–Kier alpha value is 1.63. The third kappa shape index (κ3) is 11.6. The SMILES string of the molecule is [OH][Sn][CH2]CCCCC(Cl)(Cl)Cl. The van der Waals surface area contributed by atoms with Crippen molar-refractivity contribution in [1.82, 2.24) is 0 Å². The monoisotopic (exact) mass is 324 g/mol. The van der Waals surface area contributed by atoms with Crippen LogP contribution < -0.4 is 0 Å². The molecule has 0 heterocycles. The van der Waals surface area contributed by atoms with Crippen molar-refractivity contribution in [2.75, 3.05) is 0 Å². The van der Waals surface area contributed by atoms with Gasteiger partial charge >= 0.3 is 93.7 Å². The molecule has 0 aromatic rings. The molecule has 1 N–H and O–H groups in total. The molecular weight excluding hydrogens is 313 g/mol. The van der Waals surface area contributed by atoms with Gasteiger partial charge in [-0.15, -0.1) is 0 Å². The molecule has 0 rings (SSSR count). The van der Waals surface area contributed by atoms with Crippen LogP contribution in [0.4, 0.5) is 0 Å². The van der Waals surface area contributed by atoms with Gasteiger partial charge in [-0.1, -0.05) is 0 Å². The van der Waals surface area contributed by atoms with E-state index in [9.17, 15) is 0 Å². The Morgan fingerprint density at radius 2 is 1.73 bits per heavy atom. The number of rotatable bonds is 5. The fourth-order valence-electron chi connectivity index (χ4n) is 0.706. The summed E-state index contributed by atoms with van der Waals surface area (Å²) in [7, 11) is 0. The van der Waals surface area contributed by atoms with Gasteiger partial charge in [0.15, 0.2) is 0 Å². The molecule has 0 spiro atoms. The summed E-state index contributed by atoms with van der Waals surface area (Å²) in [5, 5.41) is 0. The molecule has 2 radical (unpaired) electrons. The Labute approximate surface area is 93.2 Å². The third-order valence-corrected chi connectivity index (χ3v) is 3.46. The van der Waals surface area contributed by atoms with Crippen LogP contribution in [-0.4, -0.2) is 28.8 Å². The first kappa shape index (κ1) is 12.6. The zero-order valence-corrected chi connectivity index (χ0v) is 11.2. The van der Waals surface area contributed by atoms with Crippen LogP contribution in [-0.2, 0) is 0 Å². The molecule has 0 aromatic heterocycles. The molecule has 0 aliphatic heterocycles. The van der Waals surface area contributed by atoms with Gasteiger partial charge in [0.05, 0.1) is 0 Å². The summed E-state index contributed by atoms with van der Waals surface area (Å²) in [6, 6.07) is 0. The second-order valence-corrected chi connectivity index (χ2v) is 7.18. The topological polar surface area (TPSA) is 20.2 Å². The zero-order valence-electron chi connectivity index (χ0n) is 6.12. The molecule has 11 heavy (non-hydrogen) atoms. The first-order valence-corrected chi connectivity index (χ1v) is 7.93. The summed E-state index contributed by atoms with van der Waals surface area (Å²) >= 11 is 15.6. The fraction of sp³-hybridized carbons (Fsp3) is 1.00. The third-order valence-electron chi connectivity index (χ3n) is 1.25. The molecule has 1 nitrogen and oxygen atoms in total. The molecule has 0 saturated heterocycles. The molecule has 0 aliphatic carbocycles. The van der Waals surface area contributed by atoms with Crippen molar-refractivity contribution in [3.05, 3.63) is 0 Å². The van der Waals surface area contributed by atoms with Crippen LogP contribution in [0.25, 0.3) is 0 Å². The Morgan fingerprint density at radius 1 is 1.09 bits per heavy atom. The second kappa shape index (κ2) is 7.07. The average Bonchev–Trinajstić information content (AvgIpc) is 1.85. The summed E-state index contributed by atoms with van der Waals surface area (Å²) in [4.78, 5) is 0. The van der Waals surface area contributed by atoms with Gasteiger partial charge in [-0.05, 0) is 0 Å². The Kier molecular flexibility index (Phi) is 8.12. The molecule has 0 amide bonds. The molecule has 0 bridgehead atoms. The number of unbranched alkanes of at least 4 members (excludes halogenated alkanes) is 2. The summed E-state index contributed by atoms with van der Waals surface area (Å²) in [6.45, 7) is 0. The van der Waals surface area contributed by atoms with Crippen molar-refractivity contribution in [1.29, 1.82) is 0 Å².